The van der Waals surface area contributed by atoms with Gasteiger partial charge in [0.15, 0.2) is 11.5 Å². The summed E-state index contributed by atoms with van der Waals surface area (Å²) in [6.07, 6.45) is 3.26. The summed E-state index contributed by atoms with van der Waals surface area (Å²) in [5.74, 6) is 1.14. The maximum Gasteiger partial charge on any atom is 0.244 e. The number of benzene rings is 3. The Kier molecular flexibility index (Phi) is 5.54. The first-order chi connectivity index (χ1) is 12.7. The van der Waals surface area contributed by atoms with Crippen LogP contribution in [0.1, 0.15) is 11.1 Å². The summed E-state index contributed by atoms with van der Waals surface area (Å²) >= 11 is 0. The fourth-order valence-corrected chi connectivity index (χ4v) is 2.73. The van der Waals surface area contributed by atoms with Gasteiger partial charge in [-0.1, -0.05) is 42.5 Å². The molecule has 0 aliphatic heterocycles. The van der Waals surface area contributed by atoms with Crippen molar-refractivity contribution in [2.24, 2.45) is 0 Å². The summed E-state index contributed by atoms with van der Waals surface area (Å²) < 4.78 is 10.5. The maximum absolute atomic E-state index is 12.1. The lowest BCUT2D eigenvalue weighted by atomic mass is 10.1. The Bertz CT molecular complexity index is 947. The molecule has 4 nitrogen and oxygen atoms in total. The molecule has 1 amide bonds. The number of nitrogens with one attached hydrogen (secondary N) is 1. The molecule has 0 aliphatic rings. The number of carbonyl (C=O) groups excluding carboxylic acids is 1. The molecule has 132 valence electrons. The second kappa shape index (κ2) is 8.21. The standard InChI is InChI=1S/C22H21NO3/c1-25-20-11-8-16(14-21(20)26-2)9-12-22(24)23-15-17-7-10-18-5-3-4-6-19(18)13-17/h3-14H,15H2,1-2H3,(H,23,24)/b12-9+. The minimum absolute atomic E-state index is 0.145. The summed E-state index contributed by atoms with van der Waals surface area (Å²) in [6.45, 7) is 0.486. The monoisotopic (exact) mass is 347 g/mol. The van der Waals surface area contributed by atoms with Gasteiger partial charge in [-0.15, -0.1) is 0 Å². The average molecular weight is 347 g/mol. The first-order valence-electron chi connectivity index (χ1n) is 8.35. The number of rotatable bonds is 6. The van der Waals surface area contributed by atoms with Gasteiger partial charge in [-0.25, -0.2) is 0 Å². The van der Waals surface area contributed by atoms with Gasteiger partial charge in [-0.2, -0.15) is 0 Å². The molecule has 0 fully saturated rings. The SMILES string of the molecule is COc1ccc(/C=C/C(=O)NCc2ccc3ccccc3c2)cc1OC. The number of fused-ring (bicyclic) bond motifs is 1. The van der Waals surface area contributed by atoms with Crippen molar-refractivity contribution >= 4 is 22.8 Å². The molecular formula is C22H21NO3. The lowest BCUT2D eigenvalue weighted by Crippen LogP contribution is -2.20. The highest BCUT2D eigenvalue weighted by Crippen LogP contribution is 2.27. The van der Waals surface area contributed by atoms with Crippen molar-refractivity contribution in [3.63, 3.8) is 0 Å². The molecule has 3 aromatic carbocycles. The summed E-state index contributed by atoms with van der Waals surface area (Å²) in [5.41, 5.74) is 1.93. The second-order valence-corrected chi connectivity index (χ2v) is 5.85. The van der Waals surface area contributed by atoms with E-state index in [-0.39, 0.29) is 5.91 Å². The lowest BCUT2D eigenvalue weighted by Gasteiger charge is -2.07. The number of methoxy groups -OCH3 is 2. The fraction of sp³-hybridized carbons (Fsp3) is 0.136. The molecule has 0 unspecified atom stereocenters. The van der Waals surface area contributed by atoms with Crippen molar-refractivity contribution in [2.75, 3.05) is 14.2 Å². The van der Waals surface area contributed by atoms with Crippen LogP contribution in [0.4, 0.5) is 0 Å². The van der Waals surface area contributed by atoms with E-state index in [0.717, 1.165) is 11.1 Å². The van der Waals surface area contributed by atoms with Crippen LogP contribution in [0, 0.1) is 0 Å². The molecule has 0 spiro atoms. The molecule has 3 rings (SSSR count). The van der Waals surface area contributed by atoms with Gasteiger partial charge in [0.05, 0.1) is 14.2 Å². The molecule has 0 saturated heterocycles. The Hall–Kier alpha value is -3.27. The Morgan fingerprint density at radius 3 is 2.46 bits per heavy atom. The predicted molar refractivity (Wildman–Crippen MR) is 104 cm³/mol. The molecule has 1 N–H and O–H groups in total. The lowest BCUT2D eigenvalue weighted by molar-refractivity contribution is -0.116. The first-order valence-corrected chi connectivity index (χ1v) is 8.35. The maximum atomic E-state index is 12.1. The van der Waals surface area contributed by atoms with Crippen LogP contribution in [0.5, 0.6) is 11.5 Å². The minimum atomic E-state index is -0.145. The van der Waals surface area contributed by atoms with E-state index in [9.17, 15) is 4.79 Å². The van der Waals surface area contributed by atoms with Gasteiger partial charge in [-0.05, 0) is 46.2 Å². The molecule has 3 aromatic rings. The molecule has 0 atom stereocenters. The first kappa shape index (κ1) is 17.5. The number of carbonyl (C=O) groups is 1. The van der Waals surface area contributed by atoms with Crippen LogP contribution in [0.2, 0.25) is 0 Å². The highest BCUT2D eigenvalue weighted by atomic mass is 16.5. The van der Waals surface area contributed by atoms with Crippen molar-refractivity contribution in [2.45, 2.75) is 6.54 Å². The van der Waals surface area contributed by atoms with Gasteiger partial charge in [0.2, 0.25) is 5.91 Å². The molecule has 0 radical (unpaired) electrons. The summed E-state index contributed by atoms with van der Waals surface area (Å²) in [6, 6.07) is 19.9. The van der Waals surface area contributed by atoms with Gasteiger partial charge >= 0.3 is 0 Å². The third-order valence-corrected chi connectivity index (χ3v) is 4.12. The van der Waals surface area contributed by atoms with Crippen molar-refractivity contribution in [1.29, 1.82) is 0 Å². The predicted octanol–water partition coefficient (Wildman–Crippen LogP) is 4.19. The Morgan fingerprint density at radius 2 is 1.69 bits per heavy atom. The molecule has 0 aromatic heterocycles. The molecule has 0 saturated carbocycles. The topological polar surface area (TPSA) is 47.6 Å². The van der Waals surface area contributed by atoms with E-state index in [1.54, 1.807) is 20.3 Å². The third kappa shape index (κ3) is 4.22. The van der Waals surface area contributed by atoms with Crippen molar-refractivity contribution in [3.8, 4) is 11.5 Å². The zero-order chi connectivity index (χ0) is 18.4. The summed E-state index contributed by atoms with van der Waals surface area (Å²) in [7, 11) is 3.18. The average Bonchev–Trinajstić information content (AvgIpc) is 2.70. The van der Waals surface area contributed by atoms with E-state index in [2.05, 4.69) is 29.6 Å². The molecular weight excluding hydrogens is 326 g/mol. The summed E-state index contributed by atoms with van der Waals surface area (Å²) in [4.78, 5) is 12.1. The van der Waals surface area contributed by atoms with Crippen LogP contribution >= 0.6 is 0 Å². The summed E-state index contributed by atoms with van der Waals surface area (Å²) in [5, 5.41) is 5.26. The van der Waals surface area contributed by atoms with Crippen molar-refractivity contribution in [3.05, 3.63) is 77.9 Å². The number of ether oxygens (including phenoxy) is 2. The van der Waals surface area contributed by atoms with Gasteiger partial charge in [0, 0.05) is 12.6 Å². The Labute approximate surface area is 153 Å². The van der Waals surface area contributed by atoms with Gasteiger partial charge < -0.3 is 14.8 Å². The second-order valence-electron chi connectivity index (χ2n) is 5.85. The largest absolute Gasteiger partial charge is 0.493 e. The molecule has 26 heavy (non-hydrogen) atoms. The molecule has 0 aliphatic carbocycles. The van der Waals surface area contributed by atoms with Crippen LogP contribution in [0.15, 0.2) is 66.7 Å². The Balaban J connectivity index is 1.62. The van der Waals surface area contributed by atoms with E-state index in [1.165, 1.54) is 16.8 Å². The van der Waals surface area contributed by atoms with Gasteiger partial charge in [0.1, 0.15) is 0 Å². The normalized spacial score (nSPS) is 10.8. The van der Waals surface area contributed by atoms with Crippen LogP contribution in [-0.2, 0) is 11.3 Å². The number of hydrogen-bond acceptors (Lipinski definition) is 3. The van der Waals surface area contributed by atoms with E-state index in [0.29, 0.717) is 18.0 Å². The van der Waals surface area contributed by atoms with Crippen LogP contribution < -0.4 is 14.8 Å². The zero-order valence-corrected chi connectivity index (χ0v) is 14.9. The zero-order valence-electron chi connectivity index (χ0n) is 14.9. The van der Waals surface area contributed by atoms with Crippen LogP contribution in [0.3, 0.4) is 0 Å². The minimum Gasteiger partial charge on any atom is -0.493 e. The fourth-order valence-electron chi connectivity index (χ4n) is 2.73. The number of hydrogen-bond donors (Lipinski definition) is 1. The van der Waals surface area contributed by atoms with E-state index in [1.807, 2.05) is 36.4 Å². The van der Waals surface area contributed by atoms with Gasteiger partial charge in [-0.3, -0.25) is 4.79 Å². The van der Waals surface area contributed by atoms with E-state index >= 15 is 0 Å². The highest BCUT2D eigenvalue weighted by Gasteiger charge is 2.03. The van der Waals surface area contributed by atoms with Crippen molar-refractivity contribution < 1.29 is 14.3 Å². The van der Waals surface area contributed by atoms with Gasteiger partial charge in [0.25, 0.3) is 0 Å². The molecule has 4 heteroatoms. The highest BCUT2D eigenvalue weighted by molar-refractivity contribution is 5.92. The van der Waals surface area contributed by atoms with E-state index in [4.69, 9.17) is 9.47 Å². The number of amides is 1. The Morgan fingerprint density at radius 1 is 0.923 bits per heavy atom. The van der Waals surface area contributed by atoms with E-state index < -0.39 is 0 Å². The molecule has 0 heterocycles. The third-order valence-electron chi connectivity index (χ3n) is 4.12. The van der Waals surface area contributed by atoms with Crippen LogP contribution in [0.25, 0.3) is 16.8 Å². The quantitative estimate of drug-likeness (QED) is 0.680. The smallest absolute Gasteiger partial charge is 0.244 e. The van der Waals surface area contributed by atoms with Crippen LogP contribution in [-0.4, -0.2) is 20.1 Å². The van der Waals surface area contributed by atoms with Crippen molar-refractivity contribution in [1.82, 2.24) is 5.32 Å². The molecule has 0 bridgehead atoms.